The molecule has 0 bridgehead atoms. The highest BCUT2D eigenvalue weighted by molar-refractivity contribution is 7.11. The van der Waals surface area contributed by atoms with Crippen molar-refractivity contribution in [2.75, 3.05) is 6.61 Å². The van der Waals surface area contributed by atoms with Gasteiger partial charge < -0.3 is 4.84 Å². The molecule has 0 unspecified atom stereocenters. The van der Waals surface area contributed by atoms with Crippen LogP contribution in [0.5, 0.6) is 0 Å². The Morgan fingerprint density at radius 1 is 1.90 bits per heavy atom. The lowest BCUT2D eigenvalue weighted by Gasteiger charge is -1.87. The van der Waals surface area contributed by atoms with Gasteiger partial charge in [-0.2, -0.15) is 0 Å². The first-order valence-electron chi connectivity index (χ1n) is 2.98. The number of rotatable bonds is 3. The van der Waals surface area contributed by atoms with Gasteiger partial charge in [0.15, 0.2) is 0 Å². The smallest absolute Gasteiger partial charge is 0.137 e. The summed E-state index contributed by atoms with van der Waals surface area (Å²) in [5.41, 5.74) is 0. The minimum atomic E-state index is 0.599. The van der Waals surface area contributed by atoms with Crippen LogP contribution >= 0.6 is 11.3 Å². The van der Waals surface area contributed by atoms with Crippen LogP contribution in [0.2, 0.25) is 0 Å². The monoisotopic (exact) mass is 156 g/mol. The number of nitrogens with zero attached hydrogens (tertiary/aromatic N) is 2. The van der Waals surface area contributed by atoms with Crippen LogP contribution in [0.15, 0.2) is 16.7 Å². The van der Waals surface area contributed by atoms with Gasteiger partial charge in [0, 0.05) is 11.6 Å². The molecule has 0 aliphatic rings. The second-order valence-corrected chi connectivity index (χ2v) is 2.45. The Labute approximate surface area is 63.3 Å². The highest BCUT2D eigenvalue weighted by Crippen LogP contribution is 1.99. The zero-order valence-electron chi connectivity index (χ0n) is 5.65. The molecule has 0 saturated heterocycles. The number of hydrogen-bond acceptors (Lipinski definition) is 4. The normalized spacial score (nSPS) is 10.5. The van der Waals surface area contributed by atoms with Crippen molar-refractivity contribution >= 4 is 17.6 Å². The van der Waals surface area contributed by atoms with Crippen LogP contribution in [-0.2, 0) is 4.84 Å². The molecular weight excluding hydrogens is 148 g/mol. The molecule has 54 valence electrons. The summed E-state index contributed by atoms with van der Waals surface area (Å²) in [6.45, 7) is 2.49. The van der Waals surface area contributed by atoms with E-state index in [2.05, 4.69) is 10.1 Å². The molecule has 0 amide bonds. The summed E-state index contributed by atoms with van der Waals surface area (Å²) in [5.74, 6) is 0. The summed E-state index contributed by atoms with van der Waals surface area (Å²) in [7, 11) is 0. The van der Waals surface area contributed by atoms with E-state index in [1.165, 1.54) is 11.3 Å². The quantitative estimate of drug-likeness (QED) is 0.491. The topological polar surface area (TPSA) is 34.5 Å². The average molecular weight is 156 g/mol. The Morgan fingerprint density at radius 3 is 3.40 bits per heavy atom. The lowest BCUT2D eigenvalue weighted by atomic mass is 10.8. The molecule has 0 atom stereocenters. The molecule has 1 aromatic rings. The zero-order chi connectivity index (χ0) is 7.23. The third-order valence-corrected chi connectivity index (χ3v) is 1.53. The van der Waals surface area contributed by atoms with E-state index in [-0.39, 0.29) is 0 Å². The van der Waals surface area contributed by atoms with Gasteiger partial charge in [-0.15, -0.1) is 11.3 Å². The maximum Gasteiger partial charge on any atom is 0.137 e. The van der Waals surface area contributed by atoms with E-state index in [4.69, 9.17) is 4.84 Å². The predicted molar refractivity (Wildman–Crippen MR) is 41.3 cm³/mol. The molecule has 0 saturated carbocycles. The molecule has 0 aliphatic heterocycles. The summed E-state index contributed by atoms with van der Waals surface area (Å²) in [5, 5.41) is 6.42. The van der Waals surface area contributed by atoms with Gasteiger partial charge in [-0.1, -0.05) is 5.16 Å². The van der Waals surface area contributed by atoms with Crippen molar-refractivity contribution in [3.63, 3.8) is 0 Å². The van der Waals surface area contributed by atoms with Crippen molar-refractivity contribution in [1.29, 1.82) is 0 Å². The molecule has 0 N–H and O–H groups in total. The third kappa shape index (κ3) is 2.14. The minimum absolute atomic E-state index is 0.599. The largest absolute Gasteiger partial charge is 0.396 e. The fraction of sp³-hybridized carbons (Fsp3) is 0.333. The lowest BCUT2D eigenvalue weighted by molar-refractivity contribution is 0.160. The highest BCUT2D eigenvalue weighted by atomic mass is 32.1. The van der Waals surface area contributed by atoms with Gasteiger partial charge >= 0.3 is 0 Å². The van der Waals surface area contributed by atoms with E-state index >= 15 is 0 Å². The molecule has 3 nitrogen and oxygen atoms in total. The number of aromatic nitrogens is 1. The van der Waals surface area contributed by atoms with E-state index in [0.29, 0.717) is 6.61 Å². The lowest BCUT2D eigenvalue weighted by Crippen LogP contribution is -1.81. The molecule has 0 fully saturated rings. The van der Waals surface area contributed by atoms with Gasteiger partial charge in [-0.25, -0.2) is 4.98 Å². The summed E-state index contributed by atoms with van der Waals surface area (Å²) in [6.07, 6.45) is 3.34. The molecule has 10 heavy (non-hydrogen) atoms. The molecule has 1 rings (SSSR count). The van der Waals surface area contributed by atoms with Crippen LogP contribution in [0.3, 0.4) is 0 Å². The van der Waals surface area contributed by atoms with Crippen LogP contribution in [0, 0.1) is 0 Å². The van der Waals surface area contributed by atoms with Crippen molar-refractivity contribution in [1.82, 2.24) is 4.98 Å². The Bertz CT molecular complexity index is 196. The summed E-state index contributed by atoms with van der Waals surface area (Å²) < 4.78 is 0. The molecule has 0 spiro atoms. The Morgan fingerprint density at radius 2 is 2.80 bits per heavy atom. The first kappa shape index (κ1) is 7.21. The molecular formula is C6H8N2OS. The van der Waals surface area contributed by atoms with Gasteiger partial charge in [0.05, 0.1) is 0 Å². The molecule has 1 aromatic heterocycles. The summed E-state index contributed by atoms with van der Waals surface area (Å²) in [4.78, 5) is 8.72. The fourth-order valence-electron chi connectivity index (χ4n) is 0.455. The van der Waals surface area contributed by atoms with Crippen molar-refractivity contribution in [2.24, 2.45) is 5.16 Å². The van der Waals surface area contributed by atoms with Crippen LogP contribution in [0.1, 0.15) is 11.9 Å². The zero-order valence-corrected chi connectivity index (χ0v) is 6.47. The van der Waals surface area contributed by atoms with Gasteiger partial charge in [-0.3, -0.25) is 0 Å². The Hall–Kier alpha value is -0.900. The van der Waals surface area contributed by atoms with Gasteiger partial charge in [0.2, 0.25) is 0 Å². The molecule has 4 heteroatoms. The first-order chi connectivity index (χ1) is 4.93. The number of hydrogen-bond donors (Lipinski definition) is 0. The minimum Gasteiger partial charge on any atom is -0.396 e. The standard InChI is InChI=1S/C6H8N2OS/c1-2-9-8-5-6-7-3-4-10-6/h3-5H,2H2,1H3/b8-5+. The second-order valence-electron chi connectivity index (χ2n) is 1.52. The maximum absolute atomic E-state index is 4.74. The van der Waals surface area contributed by atoms with Crippen LogP contribution in [-0.4, -0.2) is 17.8 Å². The second kappa shape index (κ2) is 4.00. The molecule has 0 aromatic carbocycles. The van der Waals surface area contributed by atoms with Crippen molar-refractivity contribution < 1.29 is 4.84 Å². The number of thiazole rings is 1. The summed E-state index contributed by atoms with van der Waals surface area (Å²) in [6, 6.07) is 0. The van der Waals surface area contributed by atoms with Gasteiger partial charge in [0.1, 0.15) is 17.8 Å². The van der Waals surface area contributed by atoms with Crippen molar-refractivity contribution in [3.8, 4) is 0 Å². The third-order valence-electron chi connectivity index (χ3n) is 0.818. The van der Waals surface area contributed by atoms with Gasteiger partial charge in [-0.05, 0) is 6.92 Å². The average Bonchev–Trinajstić information content (AvgIpc) is 2.41. The molecule has 0 aliphatic carbocycles. The maximum atomic E-state index is 4.74. The first-order valence-corrected chi connectivity index (χ1v) is 3.86. The van der Waals surface area contributed by atoms with Crippen molar-refractivity contribution in [2.45, 2.75) is 6.92 Å². The van der Waals surface area contributed by atoms with E-state index < -0.39 is 0 Å². The summed E-state index contributed by atoms with van der Waals surface area (Å²) >= 11 is 1.53. The van der Waals surface area contributed by atoms with Gasteiger partial charge in [0.25, 0.3) is 0 Å². The predicted octanol–water partition coefficient (Wildman–Crippen LogP) is 1.51. The van der Waals surface area contributed by atoms with Crippen LogP contribution in [0.4, 0.5) is 0 Å². The van der Waals surface area contributed by atoms with E-state index in [0.717, 1.165) is 5.01 Å². The van der Waals surface area contributed by atoms with Crippen LogP contribution in [0.25, 0.3) is 0 Å². The molecule has 1 heterocycles. The number of oxime groups is 1. The Kier molecular flexibility index (Phi) is 2.89. The van der Waals surface area contributed by atoms with E-state index in [9.17, 15) is 0 Å². The van der Waals surface area contributed by atoms with Crippen molar-refractivity contribution in [3.05, 3.63) is 16.6 Å². The van der Waals surface area contributed by atoms with E-state index in [1.807, 2.05) is 12.3 Å². The highest BCUT2D eigenvalue weighted by Gasteiger charge is 1.86. The Balaban J connectivity index is 2.40. The fourth-order valence-corrected chi connectivity index (χ4v) is 0.942. The van der Waals surface area contributed by atoms with E-state index in [1.54, 1.807) is 12.4 Å². The SMILES string of the molecule is CCO/N=C/c1nccs1. The van der Waals surface area contributed by atoms with Crippen LogP contribution < -0.4 is 0 Å². The molecule has 0 radical (unpaired) electrons.